The molecule has 0 aromatic heterocycles. The summed E-state index contributed by atoms with van der Waals surface area (Å²) < 4.78 is 30.5. The number of carboxylic acid groups (broad SMARTS) is 1. The maximum Gasteiger partial charge on any atom is 0.303 e. The number of carboxylic acids is 1. The third kappa shape index (κ3) is 4.09. The number of halogens is 1. The first-order valence-electron chi connectivity index (χ1n) is 5.80. The topological polar surface area (TPSA) is 83.9 Å². The van der Waals surface area contributed by atoms with Crippen molar-refractivity contribution in [1.82, 2.24) is 4.31 Å². The van der Waals surface area contributed by atoms with Gasteiger partial charge in [0.1, 0.15) is 5.75 Å². The van der Waals surface area contributed by atoms with Gasteiger partial charge in [0.05, 0.1) is 17.0 Å². The minimum absolute atomic E-state index is 0.0427. The molecule has 0 unspecified atom stereocenters. The Kier molecular flexibility index (Phi) is 5.79. The van der Waals surface area contributed by atoms with Crippen molar-refractivity contribution in [3.05, 3.63) is 23.2 Å². The molecule has 1 N–H and O–H groups in total. The number of sulfonamides is 1. The van der Waals surface area contributed by atoms with Crippen molar-refractivity contribution in [2.45, 2.75) is 17.7 Å². The summed E-state index contributed by atoms with van der Waals surface area (Å²) in [6.45, 7) is 0.123. The van der Waals surface area contributed by atoms with E-state index in [0.717, 1.165) is 4.31 Å². The van der Waals surface area contributed by atoms with Gasteiger partial charge < -0.3 is 9.84 Å². The van der Waals surface area contributed by atoms with Crippen LogP contribution < -0.4 is 4.74 Å². The largest absolute Gasteiger partial charge is 0.495 e. The molecule has 0 aliphatic rings. The van der Waals surface area contributed by atoms with Gasteiger partial charge in [-0.15, -0.1) is 0 Å². The molecule has 8 heteroatoms. The van der Waals surface area contributed by atoms with E-state index < -0.39 is 16.0 Å². The molecule has 1 rings (SSSR count). The van der Waals surface area contributed by atoms with Crippen molar-refractivity contribution in [3.8, 4) is 5.75 Å². The van der Waals surface area contributed by atoms with Crippen molar-refractivity contribution >= 4 is 27.6 Å². The first kappa shape index (κ1) is 16.7. The number of hydrogen-bond acceptors (Lipinski definition) is 4. The molecule has 6 nitrogen and oxygen atoms in total. The van der Waals surface area contributed by atoms with Crippen LogP contribution in [-0.2, 0) is 14.8 Å². The van der Waals surface area contributed by atoms with Crippen LogP contribution in [0.4, 0.5) is 0 Å². The van der Waals surface area contributed by atoms with Crippen molar-refractivity contribution in [1.29, 1.82) is 0 Å². The van der Waals surface area contributed by atoms with E-state index in [1.807, 2.05) is 0 Å². The fourth-order valence-electron chi connectivity index (χ4n) is 1.56. The van der Waals surface area contributed by atoms with Gasteiger partial charge in [0.25, 0.3) is 0 Å². The van der Waals surface area contributed by atoms with Gasteiger partial charge in [-0.25, -0.2) is 12.7 Å². The van der Waals surface area contributed by atoms with Crippen LogP contribution in [0.15, 0.2) is 23.1 Å². The third-order valence-corrected chi connectivity index (χ3v) is 4.84. The minimum atomic E-state index is -3.68. The molecule has 0 bridgehead atoms. The Hall–Kier alpha value is -1.31. The van der Waals surface area contributed by atoms with Crippen LogP contribution in [-0.4, -0.2) is 44.5 Å². The highest BCUT2D eigenvalue weighted by Gasteiger charge is 2.21. The van der Waals surface area contributed by atoms with Gasteiger partial charge in [-0.2, -0.15) is 0 Å². The lowest BCUT2D eigenvalue weighted by molar-refractivity contribution is -0.137. The highest BCUT2D eigenvalue weighted by Crippen LogP contribution is 2.28. The summed E-state index contributed by atoms with van der Waals surface area (Å²) in [4.78, 5) is 10.5. The van der Waals surface area contributed by atoms with Crippen molar-refractivity contribution < 1.29 is 23.1 Å². The van der Waals surface area contributed by atoms with Crippen LogP contribution in [0.2, 0.25) is 5.02 Å². The predicted molar refractivity (Wildman–Crippen MR) is 74.7 cm³/mol. The van der Waals surface area contributed by atoms with Crippen LogP contribution >= 0.6 is 11.6 Å². The molecular formula is C12H16ClNO5S. The maximum atomic E-state index is 12.2. The molecule has 1 aromatic rings. The summed E-state index contributed by atoms with van der Waals surface area (Å²) in [5.74, 6) is -0.567. The quantitative estimate of drug-likeness (QED) is 0.828. The smallest absolute Gasteiger partial charge is 0.303 e. The number of nitrogens with zero attached hydrogens (tertiary/aromatic N) is 1. The fraction of sp³-hybridized carbons (Fsp3) is 0.417. The number of aliphatic carboxylic acids is 1. The number of hydrogen-bond donors (Lipinski definition) is 1. The standard InChI is InChI=1S/C12H16ClNO5S/c1-14(7-3-4-12(15)16)20(17,18)9-5-6-11(19-2)10(13)8-9/h5-6,8H,3-4,7H2,1-2H3,(H,15,16). The lowest BCUT2D eigenvalue weighted by Gasteiger charge is -2.17. The first-order chi connectivity index (χ1) is 9.28. The van der Waals surface area contributed by atoms with E-state index in [0.29, 0.717) is 5.75 Å². The Morgan fingerprint density at radius 1 is 1.45 bits per heavy atom. The first-order valence-corrected chi connectivity index (χ1v) is 7.62. The van der Waals surface area contributed by atoms with E-state index in [-0.39, 0.29) is 29.3 Å². The number of rotatable bonds is 7. The van der Waals surface area contributed by atoms with E-state index in [4.69, 9.17) is 21.4 Å². The predicted octanol–water partition coefficient (Wildman–Crippen LogP) is 1.83. The average molecular weight is 322 g/mol. The van der Waals surface area contributed by atoms with Crippen molar-refractivity contribution in [3.63, 3.8) is 0 Å². The summed E-state index contributed by atoms with van der Waals surface area (Å²) in [7, 11) is -0.848. The van der Waals surface area contributed by atoms with Crippen molar-refractivity contribution in [2.24, 2.45) is 0 Å². The van der Waals surface area contributed by atoms with Gasteiger partial charge in [-0.3, -0.25) is 4.79 Å². The molecule has 0 aliphatic carbocycles. The Bertz CT molecular complexity index is 588. The number of carbonyl (C=O) groups is 1. The minimum Gasteiger partial charge on any atom is -0.495 e. The molecule has 0 atom stereocenters. The van der Waals surface area contributed by atoms with E-state index in [2.05, 4.69) is 0 Å². The lowest BCUT2D eigenvalue weighted by Crippen LogP contribution is -2.28. The van der Waals surface area contributed by atoms with Gasteiger partial charge in [0.2, 0.25) is 10.0 Å². The molecule has 112 valence electrons. The van der Waals surface area contributed by atoms with Crippen LogP contribution in [0.5, 0.6) is 5.75 Å². The lowest BCUT2D eigenvalue weighted by atomic mass is 10.3. The molecule has 0 radical (unpaired) electrons. The van der Waals surface area contributed by atoms with E-state index in [1.54, 1.807) is 0 Å². The molecule has 0 amide bonds. The van der Waals surface area contributed by atoms with Gasteiger partial charge in [-0.05, 0) is 24.6 Å². The second-order valence-electron chi connectivity index (χ2n) is 4.12. The Labute approximate surface area is 123 Å². The highest BCUT2D eigenvalue weighted by molar-refractivity contribution is 7.89. The third-order valence-electron chi connectivity index (χ3n) is 2.70. The summed E-state index contributed by atoms with van der Waals surface area (Å²) >= 11 is 5.90. The number of benzene rings is 1. The second-order valence-corrected chi connectivity index (χ2v) is 6.57. The number of methoxy groups -OCH3 is 1. The molecular weight excluding hydrogens is 306 g/mol. The number of ether oxygens (including phenoxy) is 1. The van der Waals surface area contributed by atoms with Crippen LogP contribution in [0.25, 0.3) is 0 Å². The summed E-state index contributed by atoms with van der Waals surface area (Å²) in [6, 6.07) is 4.18. The molecule has 0 fully saturated rings. The molecule has 0 saturated carbocycles. The maximum absolute atomic E-state index is 12.2. The van der Waals surface area contributed by atoms with Crippen LogP contribution in [0.1, 0.15) is 12.8 Å². The average Bonchev–Trinajstić information content (AvgIpc) is 2.37. The molecule has 0 aliphatic heterocycles. The molecule has 0 saturated heterocycles. The molecule has 0 spiro atoms. The highest BCUT2D eigenvalue weighted by atomic mass is 35.5. The van der Waals surface area contributed by atoms with Gasteiger partial charge in [0.15, 0.2) is 0 Å². The zero-order valence-electron chi connectivity index (χ0n) is 11.2. The summed E-state index contributed by atoms with van der Waals surface area (Å²) in [6.07, 6.45) is 0.165. The summed E-state index contributed by atoms with van der Waals surface area (Å²) in [5, 5.41) is 8.74. The zero-order chi connectivity index (χ0) is 15.3. The molecule has 1 aromatic carbocycles. The second kappa shape index (κ2) is 6.92. The Morgan fingerprint density at radius 3 is 2.60 bits per heavy atom. The molecule has 20 heavy (non-hydrogen) atoms. The Morgan fingerprint density at radius 2 is 2.10 bits per heavy atom. The van der Waals surface area contributed by atoms with Crippen molar-refractivity contribution in [2.75, 3.05) is 20.7 Å². The SMILES string of the molecule is COc1ccc(S(=O)(=O)N(C)CCCC(=O)O)cc1Cl. The zero-order valence-corrected chi connectivity index (χ0v) is 12.7. The summed E-state index contributed by atoms with van der Waals surface area (Å²) in [5.41, 5.74) is 0. The molecule has 0 heterocycles. The Balaban J connectivity index is 2.87. The van der Waals surface area contributed by atoms with Gasteiger partial charge in [0, 0.05) is 20.0 Å². The monoisotopic (exact) mass is 321 g/mol. The van der Waals surface area contributed by atoms with Crippen LogP contribution in [0, 0.1) is 0 Å². The van der Waals surface area contributed by atoms with E-state index >= 15 is 0 Å². The normalized spacial score (nSPS) is 11.6. The van der Waals surface area contributed by atoms with Gasteiger partial charge in [-0.1, -0.05) is 11.6 Å². The fourth-order valence-corrected chi connectivity index (χ4v) is 3.12. The van der Waals surface area contributed by atoms with E-state index in [1.165, 1.54) is 32.4 Å². The van der Waals surface area contributed by atoms with E-state index in [9.17, 15) is 13.2 Å². The van der Waals surface area contributed by atoms with Gasteiger partial charge >= 0.3 is 5.97 Å². The van der Waals surface area contributed by atoms with Crippen LogP contribution in [0.3, 0.4) is 0 Å².